The van der Waals surface area contributed by atoms with E-state index in [4.69, 9.17) is 0 Å². The van der Waals surface area contributed by atoms with Crippen LogP contribution in [0.4, 0.5) is 0 Å². The van der Waals surface area contributed by atoms with Crippen LogP contribution in [0.1, 0.15) is 10.4 Å². The van der Waals surface area contributed by atoms with E-state index in [-0.39, 0.29) is 23.9 Å². The van der Waals surface area contributed by atoms with Crippen LogP contribution >= 0.6 is 0 Å². The van der Waals surface area contributed by atoms with Crippen molar-refractivity contribution in [2.75, 3.05) is 26.2 Å². The highest BCUT2D eigenvalue weighted by Gasteiger charge is 2.33. The van der Waals surface area contributed by atoms with Crippen molar-refractivity contribution in [3.63, 3.8) is 0 Å². The number of sulfonamides is 1. The number of hydrogen-bond donors (Lipinski definition) is 0. The normalized spacial score (nSPS) is 15.4. The van der Waals surface area contributed by atoms with Crippen LogP contribution in [0, 0.1) is 0 Å². The number of pyridine rings is 2. The molecule has 3 aromatic heterocycles. The van der Waals surface area contributed by atoms with Crippen molar-refractivity contribution in [1.29, 1.82) is 0 Å². The van der Waals surface area contributed by atoms with Crippen LogP contribution < -0.4 is 0 Å². The molecule has 0 bridgehead atoms. The minimum atomic E-state index is -3.75. The fraction of sp³-hybridized carbons (Fsp3) is 0.263. The lowest BCUT2D eigenvalue weighted by Gasteiger charge is -2.34. The van der Waals surface area contributed by atoms with Crippen molar-refractivity contribution >= 4 is 15.9 Å². The molecule has 0 N–H and O–H groups in total. The lowest BCUT2D eigenvalue weighted by Crippen LogP contribution is -2.50. The fourth-order valence-electron chi connectivity index (χ4n) is 3.31. The molecule has 0 atom stereocenters. The summed E-state index contributed by atoms with van der Waals surface area (Å²) in [7, 11) is -2.06. The number of piperazine rings is 1. The number of nitrogens with zero attached hydrogens (tertiary/aromatic N) is 6. The maximum Gasteiger partial charge on any atom is 0.254 e. The molecule has 1 fully saturated rings. The summed E-state index contributed by atoms with van der Waals surface area (Å²) in [5, 5.41) is 4.34. The maximum atomic E-state index is 13.3. The summed E-state index contributed by atoms with van der Waals surface area (Å²) in [4.78, 5) is 22.3. The third kappa shape index (κ3) is 3.76. The molecule has 150 valence electrons. The van der Waals surface area contributed by atoms with Gasteiger partial charge in [-0.15, -0.1) is 0 Å². The molecule has 1 amide bonds. The Bertz CT molecular complexity index is 1110. The average Bonchev–Trinajstić information content (AvgIpc) is 3.17. The molecular weight excluding hydrogens is 392 g/mol. The van der Waals surface area contributed by atoms with Crippen molar-refractivity contribution in [3.8, 4) is 11.3 Å². The molecule has 0 spiro atoms. The molecule has 0 radical (unpaired) electrons. The van der Waals surface area contributed by atoms with E-state index in [1.807, 2.05) is 0 Å². The number of carbonyl (C=O) groups is 1. The van der Waals surface area contributed by atoms with E-state index in [1.165, 1.54) is 15.2 Å². The van der Waals surface area contributed by atoms with Gasteiger partial charge in [0.25, 0.3) is 5.91 Å². The van der Waals surface area contributed by atoms with Crippen molar-refractivity contribution in [3.05, 3.63) is 60.8 Å². The molecule has 0 aliphatic carbocycles. The molecule has 10 heteroatoms. The highest BCUT2D eigenvalue weighted by atomic mass is 32.2. The lowest BCUT2D eigenvalue weighted by molar-refractivity contribution is 0.0698. The molecule has 4 rings (SSSR count). The maximum absolute atomic E-state index is 13.3. The van der Waals surface area contributed by atoms with Gasteiger partial charge in [-0.05, 0) is 24.3 Å². The molecule has 9 nitrogen and oxygen atoms in total. The molecule has 0 saturated carbocycles. The Morgan fingerprint density at radius 1 is 0.931 bits per heavy atom. The Hall–Kier alpha value is -3.11. The van der Waals surface area contributed by atoms with E-state index in [9.17, 15) is 13.2 Å². The van der Waals surface area contributed by atoms with Gasteiger partial charge in [-0.25, -0.2) is 8.42 Å². The van der Waals surface area contributed by atoms with Gasteiger partial charge in [0.1, 0.15) is 10.6 Å². The van der Waals surface area contributed by atoms with Gasteiger partial charge in [0.2, 0.25) is 10.0 Å². The number of carbonyl (C=O) groups excluding carboxylic acids is 1. The molecular formula is C19H20N6O3S. The van der Waals surface area contributed by atoms with E-state index in [0.29, 0.717) is 29.9 Å². The fourth-order valence-corrected chi connectivity index (χ4v) is 4.92. The predicted octanol–water partition coefficient (Wildman–Crippen LogP) is 1.02. The topological polar surface area (TPSA) is 101 Å². The van der Waals surface area contributed by atoms with Crippen molar-refractivity contribution < 1.29 is 13.2 Å². The summed E-state index contributed by atoms with van der Waals surface area (Å²) in [5.41, 5.74) is 1.62. The first kappa shape index (κ1) is 19.2. The summed E-state index contributed by atoms with van der Waals surface area (Å²) < 4.78 is 29.5. The molecule has 1 aliphatic heterocycles. The number of amides is 1. The number of aromatic nitrogens is 4. The van der Waals surface area contributed by atoms with Gasteiger partial charge in [0.05, 0.1) is 0 Å². The molecule has 1 saturated heterocycles. The Labute approximate surface area is 168 Å². The molecule has 1 aliphatic rings. The average molecular weight is 412 g/mol. The van der Waals surface area contributed by atoms with E-state index in [0.717, 1.165) is 0 Å². The number of aryl methyl sites for hydroxylation is 1. The van der Waals surface area contributed by atoms with Gasteiger partial charge in [0, 0.05) is 75.3 Å². The van der Waals surface area contributed by atoms with Gasteiger partial charge < -0.3 is 4.90 Å². The zero-order chi connectivity index (χ0) is 20.4. The zero-order valence-corrected chi connectivity index (χ0v) is 16.7. The second-order valence-corrected chi connectivity index (χ2v) is 8.59. The quantitative estimate of drug-likeness (QED) is 0.634. The standard InChI is InChI=1S/C19H20N6O3S/c1-23-14-17(18(22-23)15-2-6-20-7-3-15)29(27,28)25-12-10-24(11-13-25)19(26)16-4-8-21-9-5-16/h2-9,14H,10-13H2,1H3. The summed E-state index contributed by atoms with van der Waals surface area (Å²) in [5.74, 6) is -0.122. The van der Waals surface area contributed by atoms with Crippen LogP contribution in [0.5, 0.6) is 0 Å². The first-order chi connectivity index (χ1) is 14.0. The minimum absolute atomic E-state index is 0.122. The second-order valence-electron chi connectivity index (χ2n) is 6.68. The summed E-state index contributed by atoms with van der Waals surface area (Å²) in [6, 6.07) is 6.77. The van der Waals surface area contributed by atoms with Crippen molar-refractivity contribution in [2.45, 2.75) is 4.90 Å². The van der Waals surface area contributed by atoms with Gasteiger partial charge >= 0.3 is 0 Å². The first-order valence-electron chi connectivity index (χ1n) is 9.10. The van der Waals surface area contributed by atoms with Crippen LogP contribution in [0.2, 0.25) is 0 Å². The molecule has 4 heterocycles. The number of rotatable bonds is 4. The van der Waals surface area contributed by atoms with Gasteiger partial charge in [-0.2, -0.15) is 9.40 Å². The van der Waals surface area contributed by atoms with Crippen LogP contribution in [0.25, 0.3) is 11.3 Å². The number of hydrogen-bond acceptors (Lipinski definition) is 6. The zero-order valence-electron chi connectivity index (χ0n) is 15.8. The van der Waals surface area contributed by atoms with Crippen molar-refractivity contribution in [2.24, 2.45) is 7.05 Å². The smallest absolute Gasteiger partial charge is 0.254 e. The summed E-state index contributed by atoms with van der Waals surface area (Å²) >= 11 is 0. The van der Waals surface area contributed by atoms with Gasteiger partial charge in [0.15, 0.2) is 0 Å². The third-order valence-electron chi connectivity index (χ3n) is 4.82. The van der Waals surface area contributed by atoms with Gasteiger partial charge in [-0.1, -0.05) is 0 Å². The molecule has 3 aromatic rings. The minimum Gasteiger partial charge on any atom is -0.336 e. The Balaban J connectivity index is 1.54. The largest absolute Gasteiger partial charge is 0.336 e. The van der Waals surface area contributed by atoms with E-state index in [1.54, 1.807) is 61.0 Å². The first-order valence-corrected chi connectivity index (χ1v) is 10.5. The molecule has 0 unspecified atom stereocenters. The summed E-state index contributed by atoms with van der Waals surface area (Å²) in [6.07, 6.45) is 7.85. The second kappa shape index (κ2) is 7.72. The van der Waals surface area contributed by atoms with E-state index in [2.05, 4.69) is 15.1 Å². The van der Waals surface area contributed by atoms with Crippen molar-refractivity contribution in [1.82, 2.24) is 29.0 Å². The Morgan fingerprint density at radius 3 is 2.14 bits per heavy atom. The van der Waals surface area contributed by atoms with Crippen LogP contribution in [-0.2, 0) is 17.1 Å². The van der Waals surface area contributed by atoms with Gasteiger partial charge in [-0.3, -0.25) is 19.4 Å². The lowest BCUT2D eigenvalue weighted by atomic mass is 10.2. The van der Waals surface area contributed by atoms with Crippen LogP contribution in [0.15, 0.2) is 60.1 Å². The monoisotopic (exact) mass is 412 g/mol. The summed E-state index contributed by atoms with van der Waals surface area (Å²) in [6.45, 7) is 1.10. The third-order valence-corrected chi connectivity index (χ3v) is 6.72. The SMILES string of the molecule is Cn1cc(S(=O)(=O)N2CCN(C(=O)c3ccncc3)CC2)c(-c2ccncc2)n1. The molecule has 0 aromatic carbocycles. The van der Waals surface area contributed by atoms with E-state index < -0.39 is 10.0 Å². The van der Waals surface area contributed by atoms with Crippen LogP contribution in [0.3, 0.4) is 0 Å². The van der Waals surface area contributed by atoms with Crippen LogP contribution in [-0.4, -0.2) is 69.5 Å². The molecule has 29 heavy (non-hydrogen) atoms. The Kier molecular flexibility index (Phi) is 5.12. The highest BCUT2D eigenvalue weighted by Crippen LogP contribution is 2.28. The highest BCUT2D eigenvalue weighted by molar-refractivity contribution is 7.89. The Morgan fingerprint density at radius 2 is 1.52 bits per heavy atom. The predicted molar refractivity (Wildman–Crippen MR) is 105 cm³/mol. The van der Waals surface area contributed by atoms with E-state index >= 15 is 0 Å².